The Balaban J connectivity index is 2.44. The molecule has 0 atom stereocenters. The lowest BCUT2D eigenvalue weighted by molar-refractivity contribution is 0.575. The minimum atomic E-state index is -0.874. The number of aryl methyl sites for hydroxylation is 1. The van der Waals surface area contributed by atoms with Crippen LogP contribution in [0.4, 0.5) is 13.2 Å². The summed E-state index contributed by atoms with van der Waals surface area (Å²) in [5.74, 6) is -2.34. The molecule has 0 fully saturated rings. The molecule has 1 heterocycles. The van der Waals surface area contributed by atoms with E-state index in [1.807, 2.05) is 6.92 Å². The molecule has 124 valence electrons. The zero-order valence-electron chi connectivity index (χ0n) is 12.7. The number of hydrogen-bond donors (Lipinski definition) is 0. The normalized spacial score (nSPS) is 11.2. The number of nitrogens with zero attached hydrogens (tertiary/aromatic N) is 1. The molecule has 24 heavy (non-hydrogen) atoms. The number of hydrogen-bond acceptors (Lipinski definition) is 1. The maximum atomic E-state index is 14.2. The van der Waals surface area contributed by atoms with Gasteiger partial charge in [0.15, 0.2) is 0 Å². The smallest absolute Gasteiger partial charge is 0.264 e. The zero-order valence-corrected chi connectivity index (χ0v) is 13.5. The topological polar surface area (TPSA) is 22.0 Å². The highest BCUT2D eigenvalue weighted by Crippen LogP contribution is 2.26. The van der Waals surface area contributed by atoms with Crippen LogP contribution >= 0.6 is 11.6 Å². The molecule has 0 aliphatic heterocycles. The maximum absolute atomic E-state index is 14.2. The van der Waals surface area contributed by atoms with Crippen LogP contribution in [0.1, 0.15) is 19.0 Å². The molecule has 1 aromatic heterocycles. The number of halogens is 4. The Bertz CT molecular complexity index is 998. The summed E-state index contributed by atoms with van der Waals surface area (Å²) in [5, 5.41) is 0.144. The zero-order chi connectivity index (χ0) is 17.4. The van der Waals surface area contributed by atoms with Crippen LogP contribution < -0.4 is 5.56 Å². The van der Waals surface area contributed by atoms with Crippen molar-refractivity contribution in [2.75, 3.05) is 0 Å². The van der Waals surface area contributed by atoms with Crippen molar-refractivity contribution in [2.24, 2.45) is 0 Å². The second kappa shape index (κ2) is 6.32. The molecule has 0 saturated heterocycles. The van der Waals surface area contributed by atoms with Crippen molar-refractivity contribution in [3.8, 4) is 5.69 Å². The van der Waals surface area contributed by atoms with Gasteiger partial charge in [-0.3, -0.25) is 9.36 Å². The molecule has 0 bridgehead atoms. The van der Waals surface area contributed by atoms with Crippen molar-refractivity contribution in [1.29, 1.82) is 0 Å². The van der Waals surface area contributed by atoms with Gasteiger partial charge in [0.1, 0.15) is 17.5 Å². The van der Waals surface area contributed by atoms with Crippen LogP contribution in [0, 0.1) is 17.5 Å². The monoisotopic (exact) mass is 351 g/mol. The van der Waals surface area contributed by atoms with Gasteiger partial charge in [0.05, 0.1) is 16.1 Å². The highest BCUT2D eigenvalue weighted by molar-refractivity contribution is 6.35. The molecule has 3 aromatic rings. The fourth-order valence-electron chi connectivity index (χ4n) is 2.76. The summed E-state index contributed by atoms with van der Waals surface area (Å²) in [5.41, 5.74) is -0.179. The summed E-state index contributed by atoms with van der Waals surface area (Å²) in [6, 6.07) is 7.27. The first-order chi connectivity index (χ1) is 11.4. The van der Waals surface area contributed by atoms with Crippen molar-refractivity contribution in [2.45, 2.75) is 19.8 Å². The van der Waals surface area contributed by atoms with Gasteiger partial charge in [0.2, 0.25) is 0 Å². The minimum absolute atomic E-state index is 0.0276. The van der Waals surface area contributed by atoms with Crippen LogP contribution in [-0.4, -0.2) is 4.57 Å². The predicted molar refractivity (Wildman–Crippen MR) is 88.4 cm³/mol. The molecule has 0 N–H and O–H groups in total. The van der Waals surface area contributed by atoms with E-state index >= 15 is 0 Å². The first-order valence-corrected chi connectivity index (χ1v) is 7.80. The summed E-state index contributed by atoms with van der Waals surface area (Å²) < 4.78 is 42.3. The van der Waals surface area contributed by atoms with Crippen molar-refractivity contribution in [1.82, 2.24) is 4.57 Å². The molecule has 0 spiro atoms. The molecular weight excluding hydrogens is 339 g/mol. The molecule has 6 heteroatoms. The van der Waals surface area contributed by atoms with E-state index < -0.39 is 23.0 Å². The van der Waals surface area contributed by atoms with Crippen molar-refractivity contribution >= 4 is 22.4 Å². The molecule has 3 rings (SSSR count). The highest BCUT2D eigenvalue weighted by Gasteiger charge is 2.17. The molecule has 2 nitrogen and oxygen atoms in total. The number of benzene rings is 2. The standard InChI is InChI=1S/C18H13ClF3NO/c1-2-3-12-8-10-4-6-13(21)17(19)16(10)18(24)23(12)15-7-5-11(20)9-14(15)22/h4-9H,2-3H2,1H3. The predicted octanol–water partition coefficient (Wildman–Crippen LogP) is 5.01. The van der Waals surface area contributed by atoms with Gasteiger partial charge in [0, 0.05) is 11.8 Å². The first-order valence-electron chi connectivity index (χ1n) is 7.42. The van der Waals surface area contributed by atoms with E-state index in [1.165, 1.54) is 18.2 Å². The van der Waals surface area contributed by atoms with E-state index in [1.54, 1.807) is 6.07 Å². The summed E-state index contributed by atoms with van der Waals surface area (Å²) in [7, 11) is 0. The van der Waals surface area contributed by atoms with Crippen LogP contribution in [0.15, 0.2) is 41.2 Å². The van der Waals surface area contributed by atoms with Gasteiger partial charge >= 0.3 is 0 Å². The molecule has 0 aliphatic carbocycles. The number of rotatable bonds is 3. The second-order valence-electron chi connectivity index (χ2n) is 5.45. The van der Waals surface area contributed by atoms with Crippen molar-refractivity contribution in [3.63, 3.8) is 0 Å². The van der Waals surface area contributed by atoms with Gasteiger partial charge in [-0.15, -0.1) is 0 Å². The summed E-state index contributed by atoms with van der Waals surface area (Å²) in [6.45, 7) is 1.91. The first kappa shape index (κ1) is 16.6. The number of pyridine rings is 1. The molecule has 0 aliphatic rings. The number of fused-ring (bicyclic) bond motifs is 1. The van der Waals surface area contributed by atoms with E-state index in [0.717, 1.165) is 10.6 Å². The lowest BCUT2D eigenvalue weighted by atomic mass is 10.1. The third-order valence-electron chi connectivity index (χ3n) is 3.81. The van der Waals surface area contributed by atoms with Crippen molar-refractivity contribution in [3.05, 3.63) is 74.9 Å². The largest absolute Gasteiger partial charge is 0.278 e. The third kappa shape index (κ3) is 2.69. The summed E-state index contributed by atoms with van der Waals surface area (Å²) in [4.78, 5) is 12.9. The van der Waals surface area contributed by atoms with E-state index in [0.29, 0.717) is 30.0 Å². The quantitative estimate of drug-likeness (QED) is 0.650. The average molecular weight is 352 g/mol. The maximum Gasteiger partial charge on any atom is 0.264 e. The van der Waals surface area contributed by atoms with Gasteiger partial charge in [-0.05, 0) is 36.1 Å². The van der Waals surface area contributed by atoms with Gasteiger partial charge in [-0.25, -0.2) is 13.2 Å². The SMILES string of the molecule is CCCc1cc2ccc(F)c(Cl)c2c(=O)n1-c1ccc(F)cc1F. The Morgan fingerprint density at radius 2 is 1.79 bits per heavy atom. The third-order valence-corrected chi connectivity index (χ3v) is 4.18. The molecule has 2 aromatic carbocycles. The van der Waals surface area contributed by atoms with Gasteiger partial charge in [0.25, 0.3) is 5.56 Å². The van der Waals surface area contributed by atoms with Gasteiger partial charge < -0.3 is 0 Å². The van der Waals surface area contributed by atoms with E-state index in [2.05, 4.69) is 0 Å². The lowest BCUT2D eigenvalue weighted by Gasteiger charge is -2.15. The minimum Gasteiger partial charge on any atom is -0.278 e. The molecule has 0 unspecified atom stereocenters. The fourth-order valence-corrected chi connectivity index (χ4v) is 3.01. The number of aromatic nitrogens is 1. The Labute approximate surface area is 141 Å². The van der Waals surface area contributed by atoms with Crippen LogP contribution in [-0.2, 0) is 6.42 Å². The Kier molecular flexibility index (Phi) is 4.37. The van der Waals surface area contributed by atoms with Crippen LogP contribution in [0.25, 0.3) is 16.5 Å². The van der Waals surface area contributed by atoms with E-state index in [-0.39, 0.29) is 16.1 Å². The van der Waals surface area contributed by atoms with Crippen molar-refractivity contribution < 1.29 is 13.2 Å². The van der Waals surface area contributed by atoms with Crippen LogP contribution in [0.3, 0.4) is 0 Å². The molecule has 0 amide bonds. The molecule has 0 radical (unpaired) electrons. The molecular formula is C18H13ClF3NO. The van der Waals surface area contributed by atoms with E-state index in [4.69, 9.17) is 11.6 Å². The van der Waals surface area contributed by atoms with Gasteiger partial charge in [-0.2, -0.15) is 0 Å². The molecule has 0 saturated carbocycles. The van der Waals surface area contributed by atoms with Crippen LogP contribution in [0.5, 0.6) is 0 Å². The summed E-state index contributed by atoms with van der Waals surface area (Å²) >= 11 is 5.94. The Hall–Kier alpha value is -2.27. The van der Waals surface area contributed by atoms with E-state index in [9.17, 15) is 18.0 Å². The second-order valence-corrected chi connectivity index (χ2v) is 5.83. The summed E-state index contributed by atoms with van der Waals surface area (Å²) in [6.07, 6.45) is 1.21. The average Bonchev–Trinajstić information content (AvgIpc) is 2.53. The Morgan fingerprint density at radius 3 is 2.46 bits per heavy atom. The highest BCUT2D eigenvalue weighted by atomic mass is 35.5. The van der Waals surface area contributed by atoms with Crippen LogP contribution in [0.2, 0.25) is 5.02 Å². The Morgan fingerprint density at radius 1 is 1.04 bits per heavy atom. The lowest BCUT2D eigenvalue weighted by Crippen LogP contribution is -2.23. The van der Waals surface area contributed by atoms with Gasteiger partial charge in [-0.1, -0.05) is 31.0 Å². The fraction of sp³-hybridized carbons (Fsp3) is 0.167.